The van der Waals surface area contributed by atoms with Crippen LogP contribution in [-0.4, -0.2) is 44.8 Å². The minimum atomic E-state index is -1.05. The molecule has 1 fully saturated rings. The van der Waals surface area contributed by atoms with Gasteiger partial charge >= 0.3 is 0 Å². The van der Waals surface area contributed by atoms with Gasteiger partial charge in [0.05, 0.1) is 14.2 Å². The van der Waals surface area contributed by atoms with E-state index in [1.54, 1.807) is 14.2 Å². The molecule has 0 atom stereocenters. The van der Waals surface area contributed by atoms with Crippen LogP contribution in [0.25, 0.3) is 0 Å². The first-order valence-electron chi connectivity index (χ1n) is 12.9. The fourth-order valence-corrected chi connectivity index (χ4v) is 4.61. The molecular formula is C30H42N2O5. The molecule has 7 nitrogen and oxygen atoms in total. The third-order valence-electron chi connectivity index (χ3n) is 6.92. The predicted octanol–water partition coefficient (Wildman–Crippen LogP) is 4.89. The van der Waals surface area contributed by atoms with Crippen molar-refractivity contribution in [2.75, 3.05) is 27.4 Å². The van der Waals surface area contributed by atoms with E-state index < -0.39 is 5.54 Å². The zero-order valence-corrected chi connectivity index (χ0v) is 23.5. The van der Waals surface area contributed by atoms with Gasteiger partial charge in [0.15, 0.2) is 0 Å². The highest BCUT2D eigenvalue weighted by atomic mass is 16.5. The highest BCUT2D eigenvalue weighted by molar-refractivity contribution is 6.00. The molecule has 2 N–H and O–H groups in total. The normalized spacial score (nSPS) is 15.6. The lowest BCUT2D eigenvalue weighted by Gasteiger charge is -2.37. The molecule has 0 aliphatic carbocycles. The molecule has 3 rings (SSSR count). The summed E-state index contributed by atoms with van der Waals surface area (Å²) in [6.07, 6.45) is 0.809. The molecular weight excluding hydrogens is 468 g/mol. The van der Waals surface area contributed by atoms with Gasteiger partial charge in [-0.3, -0.25) is 9.59 Å². The first-order chi connectivity index (χ1) is 17.3. The van der Waals surface area contributed by atoms with Crippen LogP contribution in [0.4, 0.5) is 0 Å². The van der Waals surface area contributed by atoms with Crippen molar-refractivity contribution >= 4 is 11.8 Å². The molecule has 0 radical (unpaired) electrons. The van der Waals surface area contributed by atoms with Gasteiger partial charge in [-0.2, -0.15) is 0 Å². The van der Waals surface area contributed by atoms with Crippen molar-refractivity contribution in [1.29, 1.82) is 0 Å². The Morgan fingerprint density at radius 3 is 1.89 bits per heavy atom. The molecule has 2 aromatic carbocycles. The van der Waals surface area contributed by atoms with Crippen molar-refractivity contribution in [3.8, 4) is 11.5 Å². The van der Waals surface area contributed by atoms with E-state index in [4.69, 9.17) is 14.2 Å². The topological polar surface area (TPSA) is 85.9 Å². The van der Waals surface area contributed by atoms with E-state index in [1.165, 1.54) is 0 Å². The molecule has 0 aromatic heterocycles. The molecule has 1 aliphatic heterocycles. The number of hydrogen-bond acceptors (Lipinski definition) is 5. The van der Waals surface area contributed by atoms with Crippen LogP contribution < -0.4 is 20.1 Å². The Hall–Kier alpha value is -3.06. The Labute approximate surface area is 221 Å². The fourth-order valence-electron chi connectivity index (χ4n) is 4.61. The lowest BCUT2D eigenvalue weighted by Crippen LogP contribution is -2.61. The largest absolute Gasteiger partial charge is 0.497 e. The SMILES string of the molecule is COc1ccc(CNC(=O)C2(NC(=O)c3cc(C(C)(C)C)c(OC)c(C(C)(C)C)c3)CCOCC2)cc1. The lowest BCUT2D eigenvalue weighted by molar-refractivity contribution is -0.131. The third kappa shape index (κ3) is 6.63. The maximum Gasteiger partial charge on any atom is 0.252 e. The number of ether oxygens (including phenoxy) is 3. The molecule has 0 unspecified atom stereocenters. The molecule has 2 aromatic rings. The van der Waals surface area contributed by atoms with Gasteiger partial charge in [-0.25, -0.2) is 0 Å². The molecule has 7 heteroatoms. The van der Waals surface area contributed by atoms with E-state index in [9.17, 15) is 9.59 Å². The first kappa shape index (κ1) is 28.5. The van der Waals surface area contributed by atoms with E-state index in [-0.39, 0.29) is 22.6 Å². The van der Waals surface area contributed by atoms with E-state index in [0.717, 1.165) is 28.2 Å². The summed E-state index contributed by atoms with van der Waals surface area (Å²) in [4.78, 5) is 27.2. The van der Waals surface area contributed by atoms with Gasteiger partial charge in [-0.1, -0.05) is 53.7 Å². The summed E-state index contributed by atoms with van der Waals surface area (Å²) in [5.41, 5.74) is 1.84. The van der Waals surface area contributed by atoms with Crippen LogP contribution in [0.2, 0.25) is 0 Å². The molecule has 0 saturated carbocycles. The van der Waals surface area contributed by atoms with Gasteiger partial charge in [0.25, 0.3) is 5.91 Å². The van der Waals surface area contributed by atoms with Crippen molar-refractivity contribution in [3.05, 3.63) is 58.7 Å². The van der Waals surface area contributed by atoms with E-state index in [1.807, 2.05) is 36.4 Å². The molecule has 2 amide bonds. The number of nitrogens with one attached hydrogen (secondary N) is 2. The summed E-state index contributed by atoms with van der Waals surface area (Å²) in [6.45, 7) is 13.8. The number of benzene rings is 2. The highest BCUT2D eigenvalue weighted by Gasteiger charge is 2.42. The van der Waals surface area contributed by atoms with Crippen LogP contribution in [0, 0.1) is 0 Å². The molecule has 1 aliphatic rings. The number of carbonyl (C=O) groups is 2. The van der Waals surface area contributed by atoms with E-state index in [2.05, 4.69) is 52.2 Å². The van der Waals surface area contributed by atoms with Crippen molar-refractivity contribution in [3.63, 3.8) is 0 Å². The van der Waals surface area contributed by atoms with E-state index >= 15 is 0 Å². The first-order valence-corrected chi connectivity index (χ1v) is 12.9. The van der Waals surface area contributed by atoms with Gasteiger partial charge in [0, 0.05) is 49.3 Å². The Balaban J connectivity index is 1.91. The van der Waals surface area contributed by atoms with Gasteiger partial charge in [-0.05, 0) is 40.7 Å². The summed E-state index contributed by atoms with van der Waals surface area (Å²) in [7, 11) is 3.29. The average molecular weight is 511 g/mol. The summed E-state index contributed by atoms with van der Waals surface area (Å²) < 4.78 is 16.6. The molecule has 0 bridgehead atoms. The maximum atomic E-state index is 13.7. The second kappa shape index (κ2) is 11.1. The molecule has 202 valence electrons. The Bertz CT molecular complexity index is 1070. The Kier molecular flexibility index (Phi) is 8.58. The average Bonchev–Trinajstić information content (AvgIpc) is 2.86. The summed E-state index contributed by atoms with van der Waals surface area (Å²) in [5.74, 6) is 1.07. The fraction of sp³-hybridized carbons (Fsp3) is 0.533. The Morgan fingerprint density at radius 1 is 0.892 bits per heavy atom. The van der Waals surface area contributed by atoms with Gasteiger partial charge in [0.2, 0.25) is 5.91 Å². The van der Waals surface area contributed by atoms with Gasteiger partial charge in [0.1, 0.15) is 17.0 Å². The van der Waals surface area contributed by atoms with Crippen LogP contribution in [0.5, 0.6) is 11.5 Å². The number of rotatable bonds is 7. The van der Waals surface area contributed by atoms with E-state index in [0.29, 0.717) is 38.2 Å². The van der Waals surface area contributed by atoms with Gasteiger partial charge in [-0.15, -0.1) is 0 Å². The number of carbonyl (C=O) groups excluding carboxylic acids is 2. The summed E-state index contributed by atoms with van der Waals surface area (Å²) >= 11 is 0. The minimum Gasteiger partial charge on any atom is -0.497 e. The molecule has 37 heavy (non-hydrogen) atoms. The van der Waals surface area contributed by atoms with Crippen LogP contribution in [-0.2, 0) is 26.9 Å². The van der Waals surface area contributed by atoms with Crippen LogP contribution >= 0.6 is 0 Å². The monoisotopic (exact) mass is 510 g/mol. The van der Waals surface area contributed by atoms with Crippen molar-refractivity contribution in [2.45, 2.75) is 77.3 Å². The molecule has 1 saturated heterocycles. The van der Waals surface area contributed by atoms with Crippen LogP contribution in [0.15, 0.2) is 36.4 Å². The summed E-state index contributed by atoms with van der Waals surface area (Å²) in [6, 6.07) is 11.3. The zero-order chi connectivity index (χ0) is 27.4. The van der Waals surface area contributed by atoms with Gasteiger partial charge < -0.3 is 24.8 Å². The van der Waals surface area contributed by atoms with Crippen LogP contribution in [0.3, 0.4) is 0 Å². The quantitative estimate of drug-likeness (QED) is 0.554. The van der Waals surface area contributed by atoms with Crippen molar-refractivity contribution in [1.82, 2.24) is 10.6 Å². The van der Waals surface area contributed by atoms with Crippen LogP contribution in [0.1, 0.15) is 81.4 Å². The third-order valence-corrected chi connectivity index (χ3v) is 6.92. The lowest BCUT2D eigenvalue weighted by atomic mass is 9.78. The standard InChI is InChI=1S/C30H42N2O5/c1-28(2,3)23-17-21(18-24(25(23)36-8)29(4,5)6)26(33)32-30(13-15-37-16-14-30)27(34)31-19-20-9-11-22(35-7)12-10-20/h9-12,17-18H,13-16,19H2,1-8H3,(H,31,34)(H,32,33). The molecule has 1 heterocycles. The van der Waals surface area contributed by atoms with Crippen molar-refractivity contribution < 1.29 is 23.8 Å². The number of hydrogen-bond donors (Lipinski definition) is 2. The molecule has 0 spiro atoms. The predicted molar refractivity (Wildman–Crippen MR) is 145 cm³/mol. The second-order valence-electron chi connectivity index (χ2n) is 11.8. The summed E-state index contributed by atoms with van der Waals surface area (Å²) in [5, 5.41) is 6.13. The van der Waals surface area contributed by atoms with Crippen molar-refractivity contribution in [2.24, 2.45) is 0 Å². The Morgan fingerprint density at radius 2 is 1.43 bits per heavy atom. The highest BCUT2D eigenvalue weighted by Crippen LogP contribution is 2.40. The number of methoxy groups -OCH3 is 2. The smallest absolute Gasteiger partial charge is 0.252 e. The zero-order valence-electron chi connectivity index (χ0n) is 23.5. The minimum absolute atomic E-state index is 0.208. The maximum absolute atomic E-state index is 13.7. The second-order valence-corrected chi connectivity index (χ2v) is 11.8. The number of amides is 2.